The molecule has 0 heterocycles. The molecule has 0 unspecified atom stereocenters. The molecule has 0 aliphatic heterocycles. The van der Waals surface area contributed by atoms with Gasteiger partial charge >= 0.3 is 0 Å². The van der Waals surface area contributed by atoms with Crippen LogP contribution in [0.5, 0.6) is 0 Å². The monoisotopic (exact) mass is 274 g/mol. The highest BCUT2D eigenvalue weighted by atomic mass is 16.2. The summed E-state index contributed by atoms with van der Waals surface area (Å²) in [4.78, 5) is 14.3. The summed E-state index contributed by atoms with van der Waals surface area (Å²) in [6.45, 7) is 0.784. The van der Waals surface area contributed by atoms with Crippen LogP contribution in [0, 0.1) is 0 Å². The molecule has 20 heavy (non-hydrogen) atoms. The van der Waals surface area contributed by atoms with E-state index in [0.717, 1.165) is 45.1 Å². The summed E-state index contributed by atoms with van der Waals surface area (Å²) in [7, 11) is 1.89. The van der Waals surface area contributed by atoms with Crippen LogP contribution in [0.4, 0.5) is 0 Å². The Bertz CT molecular complexity index is 424. The van der Waals surface area contributed by atoms with Crippen molar-refractivity contribution in [1.29, 1.82) is 0 Å². The highest BCUT2D eigenvalue weighted by Gasteiger charge is 2.36. The maximum atomic E-state index is 12.5. The van der Waals surface area contributed by atoms with Gasteiger partial charge in [0.1, 0.15) is 0 Å². The van der Waals surface area contributed by atoms with E-state index in [1.54, 1.807) is 0 Å². The maximum Gasteiger partial charge on any atom is 0.242 e. The van der Waals surface area contributed by atoms with Gasteiger partial charge in [0.2, 0.25) is 5.91 Å². The van der Waals surface area contributed by atoms with Gasteiger partial charge in [-0.25, -0.2) is 0 Å². The van der Waals surface area contributed by atoms with Crippen LogP contribution in [0.1, 0.15) is 44.1 Å². The SMILES string of the molecule is CN(CCCc1ccccc1)C(=O)C1(N)CCCCC1. The van der Waals surface area contributed by atoms with E-state index in [2.05, 4.69) is 24.3 Å². The Morgan fingerprint density at radius 1 is 1.20 bits per heavy atom. The van der Waals surface area contributed by atoms with Crippen LogP contribution in [-0.2, 0) is 11.2 Å². The van der Waals surface area contributed by atoms with E-state index in [1.165, 1.54) is 12.0 Å². The average Bonchev–Trinajstić information content (AvgIpc) is 2.48. The first-order valence-electron chi connectivity index (χ1n) is 7.70. The molecule has 3 nitrogen and oxygen atoms in total. The third-order valence-electron chi connectivity index (χ3n) is 4.32. The predicted molar refractivity (Wildman–Crippen MR) is 82.4 cm³/mol. The molecule has 1 aromatic rings. The lowest BCUT2D eigenvalue weighted by Crippen LogP contribution is -2.55. The number of likely N-dealkylation sites (N-methyl/N-ethyl adjacent to an activating group) is 1. The molecule has 1 aliphatic rings. The molecule has 3 heteroatoms. The number of benzene rings is 1. The van der Waals surface area contributed by atoms with Gasteiger partial charge < -0.3 is 10.6 Å². The van der Waals surface area contributed by atoms with Gasteiger partial charge in [0.25, 0.3) is 0 Å². The van der Waals surface area contributed by atoms with Gasteiger partial charge in [-0.3, -0.25) is 4.79 Å². The summed E-state index contributed by atoms with van der Waals surface area (Å²) >= 11 is 0. The van der Waals surface area contributed by atoms with E-state index in [4.69, 9.17) is 5.73 Å². The summed E-state index contributed by atoms with van der Waals surface area (Å²) in [5, 5.41) is 0. The molecule has 0 aromatic heterocycles. The number of carbonyl (C=O) groups is 1. The predicted octanol–water partition coefficient (Wildman–Crippen LogP) is 2.74. The highest BCUT2D eigenvalue weighted by Crippen LogP contribution is 2.27. The Hall–Kier alpha value is -1.35. The smallest absolute Gasteiger partial charge is 0.242 e. The number of nitrogens with zero attached hydrogens (tertiary/aromatic N) is 1. The molecule has 1 fully saturated rings. The Morgan fingerprint density at radius 3 is 2.50 bits per heavy atom. The van der Waals surface area contributed by atoms with E-state index in [1.807, 2.05) is 18.0 Å². The summed E-state index contributed by atoms with van der Waals surface area (Å²) in [5.41, 5.74) is 7.02. The molecule has 2 N–H and O–H groups in total. The molecule has 0 atom stereocenters. The van der Waals surface area contributed by atoms with Gasteiger partial charge in [0.05, 0.1) is 5.54 Å². The maximum absolute atomic E-state index is 12.5. The van der Waals surface area contributed by atoms with Crippen LogP contribution in [-0.4, -0.2) is 29.9 Å². The minimum absolute atomic E-state index is 0.130. The highest BCUT2D eigenvalue weighted by molar-refractivity contribution is 5.86. The second kappa shape index (κ2) is 6.89. The minimum atomic E-state index is -0.597. The largest absolute Gasteiger partial charge is 0.344 e. The van der Waals surface area contributed by atoms with Crippen molar-refractivity contribution in [2.75, 3.05) is 13.6 Å². The molecule has 0 bridgehead atoms. The van der Waals surface area contributed by atoms with Crippen LogP contribution in [0.25, 0.3) is 0 Å². The van der Waals surface area contributed by atoms with Crippen LogP contribution >= 0.6 is 0 Å². The molecule has 0 saturated heterocycles. The molecular formula is C17H26N2O. The zero-order chi connectivity index (χ0) is 14.4. The second-order valence-electron chi connectivity index (χ2n) is 6.03. The number of nitrogens with two attached hydrogens (primary N) is 1. The Morgan fingerprint density at radius 2 is 1.85 bits per heavy atom. The van der Waals surface area contributed by atoms with Gasteiger partial charge in [0, 0.05) is 13.6 Å². The summed E-state index contributed by atoms with van der Waals surface area (Å²) < 4.78 is 0. The van der Waals surface area contributed by atoms with E-state index in [0.29, 0.717) is 0 Å². The number of aryl methyl sites for hydroxylation is 1. The van der Waals surface area contributed by atoms with Crippen molar-refractivity contribution in [2.24, 2.45) is 5.73 Å². The lowest BCUT2D eigenvalue weighted by Gasteiger charge is -2.35. The summed E-state index contributed by atoms with van der Waals surface area (Å²) in [6, 6.07) is 10.4. The van der Waals surface area contributed by atoms with Crippen molar-refractivity contribution in [3.63, 3.8) is 0 Å². The second-order valence-corrected chi connectivity index (χ2v) is 6.03. The third-order valence-corrected chi connectivity index (χ3v) is 4.32. The normalized spacial score (nSPS) is 17.7. The van der Waals surface area contributed by atoms with Crippen molar-refractivity contribution >= 4 is 5.91 Å². The van der Waals surface area contributed by atoms with E-state index in [9.17, 15) is 4.79 Å². The first kappa shape index (κ1) is 15.0. The topological polar surface area (TPSA) is 46.3 Å². The summed E-state index contributed by atoms with van der Waals surface area (Å²) in [5.74, 6) is 0.130. The lowest BCUT2D eigenvalue weighted by molar-refractivity contribution is -0.136. The quantitative estimate of drug-likeness (QED) is 0.897. The van der Waals surface area contributed by atoms with Gasteiger partial charge in [-0.15, -0.1) is 0 Å². The molecule has 1 amide bonds. The summed E-state index contributed by atoms with van der Waals surface area (Å²) in [6.07, 6.45) is 7.06. The fourth-order valence-corrected chi connectivity index (χ4v) is 3.04. The van der Waals surface area contributed by atoms with Gasteiger partial charge in [-0.2, -0.15) is 0 Å². The van der Waals surface area contributed by atoms with Gasteiger partial charge in [-0.1, -0.05) is 49.6 Å². The van der Waals surface area contributed by atoms with Crippen LogP contribution in [0.2, 0.25) is 0 Å². The van der Waals surface area contributed by atoms with Crippen molar-refractivity contribution in [3.8, 4) is 0 Å². The molecule has 1 aromatic carbocycles. The zero-order valence-electron chi connectivity index (χ0n) is 12.5. The van der Waals surface area contributed by atoms with Crippen molar-refractivity contribution < 1.29 is 4.79 Å². The Kier molecular flexibility index (Phi) is 5.18. The number of hydrogen-bond acceptors (Lipinski definition) is 2. The van der Waals surface area contributed by atoms with Crippen LogP contribution < -0.4 is 5.73 Å². The third kappa shape index (κ3) is 3.83. The first-order valence-corrected chi connectivity index (χ1v) is 7.70. The first-order chi connectivity index (χ1) is 9.62. The molecule has 1 saturated carbocycles. The lowest BCUT2D eigenvalue weighted by atomic mass is 9.81. The molecule has 0 radical (unpaired) electrons. The molecular weight excluding hydrogens is 248 g/mol. The fraction of sp³-hybridized carbons (Fsp3) is 0.588. The standard InChI is InChI=1S/C17H26N2O/c1-19(14-8-11-15-9-4-2-5-10-15)16(20)17(18)12-6-3-7-13-17/h2,4-5,9-10H,3,6-8,11-14,18H2,1H3. The van der Waals surface area contributed by atoms with Gasteiger partial charge in [-0.05, 0) is 31.2 Å². The van der Waals surface area contributed by atoms with Crippen molar-refractivity contribution in [1.82, 2.24) is 4.90 Å². The van der Waals surface area contributed by atoms with Gasteiger partial charge in [0.15, 0.2) is 0 Å². The van der Waals surface area contributed by atoms with Crippen molar-refractivity contribution in [3.05, 3.63) is 35.9 Å². The molecule has 110 valence electrons. The molecule has 1 aliphatic carbocycles. The van der Waals surface area contributed by atoms with E-state index < -0.39 is 5.54 Å². The number of rotatable bonds is 5. The zero-order valence-corrected chi connectivity index (χ0v) is 12.5. The van der Waals surface area contributed by atoms with Crippen LogP contribution in [0.15, 0.2) is 30.3 Å². The van der Waals surface area contributed by atoms with E-state index >= 15 is 0 Å². The number of hydrogen-bond donors (Lipinski definition) is 1. The van der Waals surface area contributed by atoms with E-state index in [-0.39, 0.29) is 5.91 Å². The average molecular weight is 274 g/mol. The molecule has 2 rings (SSSR count). The minimum Gasteiger partial charge on any atom is -0.344 e. The van der Waals surface area contributed by atoms with Crippen molar-refractivity contribution in [2.45, 2.75) is 50.5 Å². The Labute approximate surface area is 122 Å². The Balaban J connectivity index is 1.79. The number of carbonyl (C=O) groups excluding carboxylic acids is 1. The number of amides is 1. The molecule has 0 spiro atoms. The fourth-order valence-electron chi connectivity index (χ4n) is 3.04. The van der Waals surface area contributed by atoms with Crippen LogP contribution in [0.3, 0.4) is 0 Å².